The Morgan fingerprint density at radius 3 is 1.84 bits per heavy atom. The van der Waals surface area contributed by atoms with E-state index in [9.17, 15) is 23.1 Å². The molecular formula is C29H25F3N2O4. The predicted octanol–water partition coefficient (Wildman–Crippen LogP) is 6.10. The molecule has 2 unspecified atom stereocenters. The van der Waals surface area contributed by atoms with E-state index in [-0.39, 0.29) is 18.2 Å². The summed E-state index contributed by atoms with van der Waals surface area (Å²) in [5.74, 6) is -1.41. The average Bonchev–Trinajstić information content (AvgIpc) is 2.88. The van der Waals surface area contributed by atoms with E-state index in [4.69, 9.17) is 9.47 Å². The van der Waals surface area contributed by atoms with Crippen LogP contribution in [0.25, 0.3) is 0 Å². The van der Waals surface area contributed by atoms with Crippen molar-refractivity contribution in [2.75, 3.05) is 0 Å². The Bertz CT molecular complexity index is 1360. The van der Waals surface area contributed by atoms with Gasteiger partial charge in [0.1, 0.15) is 0 Å². The number of aliphatic carboxylic acids is 1. The highest BCUT2D eigenvalue weighted by atomic mass is 19.4. The van der Waals surface area contributed by atoms with Crippen molar-refractivity contribution in [1.29, 1.82) is 0 Å². The Kier molecular flexibility index (Phi) is 7.78. The number of aromatic nitrogens is 2. The molecule has 1 N–H and O–H groups in total. The lowest BCUT2D eigenvalue weighted by Gasteiger charge is -2.39. The van der Waals surface area contributed by atoms with Gasteiger partial charge in [0.15, 0.2) is 5.60 Å². The summed E-state index contributed by atoms with van der Waals surface area (Å²) < 4.78 is 52.5. The first kappa shape index (κ1) is 26.8. The van der Waals surface area contributed by atoms with Gasteiger partial charge in [0, 0.05) is 11.4 Å². The van der Waals surface area contributed by atoms with Crippen LogP contribution in [-0.4, -0.2) is 27.1 Å². The number of benzene rings is 3. The molecule has 6 nitrogen and oxygen atoms in total. The minimum absolute atomic E-state index is 0.0579. The zero-order valence-electron chi connectivity index (χ0n) is 20.6. The minimum atomic E-state index is -4.57. The number of halogens is 3. The molecule has 0 saturated carbocycles. The van der Waals surface area contributed by atoms with Crippen LogP contribution >= 0.6 is 0 Å². The van der Waals surface area contributed by atoms with E-state index in [0.29, 0.717) is 17.0 Å². The van der Waals surface area contributed by atoms with Crippen LogP contribution in [0.5, 0.6) is 6.01 Å². The summed E-state index contributed by atoms with van der Waals surface area (Å²) in [6.45, 7) is 3.37. The molecule has 38 heavy (non-hydrogen) atoms. The standard InChI is InChI=1S/C29H25F3N2O4/c1-19-17-20(2)34-27(33-19)38-25(26(35)36)28(22-11-7-4-8-12-22,37-18-21-9-5-3-6-10-21)23-13-15-24(16-14-23)29(30,31)32/h3-17,25H,18H2,1-2H3,(H,35,36). The molecule has 0 aliphatic carbocycles. The molecule has 0 amide bonds. The number of carbonyl (C=O) groups is 1. The molecule has 4 aromatic rings. The highest BCUT2D eigenvalue weighted by Gasteiger charge is 2.50. The van der Waals surface area contributed by atoms with Crippen molar-refractivity contribution in [2.24, 2.45) is 0 Å². The van der Waals surface area contributed by atoms with E-state index in [1.807, 2.05) is 6.07 Å². The van der Waals surface area contributed by atoms with Gasteiger partial charge in [-0.3, -0.25) is 0 Å². The summed E-state index contributed by atoms with van der Waals surface area (Å²) in [6.07, 6.45) is -6.35. The van der Waals surface area contributed by atoms with Gasteiger partial charge in [0.25, 0.3) is 0 Å². The van der Waals surface area contributed by atoms with Gasteiger partial charge in [-0.05, 0) is 48.7 Å². The van der Waals surface area contributed by atoms with Crippen LogP contribution < -0.4 is 4.74 Å². The summed E-state index contributed by atoms with van der Waals surface area (Å²) in [6, 6.07) is 23.1. The van der Waals surface area contributed by atoms with E-state index < -0.39 is 29.4 Å². The van der Waals surface area contributed by atoms with Crippen molar-refractivity contribution in [1.82, 2.24) is 9.97 Å². The van der Waals surface area contributed by atoms with Gasteiger partial charge in [-0.1, -0.05) is 72.8 Å². The molecule has 9 heteroatoms. The number of hydrogen-bond acceptors (Lipinski definition) is 5. The quantitative estimate of drug-likeness (QED) is 0.286. The summed E-state index contributed by atoms with van der Waals surface area (Å²) in [5, 5.41) is 10.5. The highest BCUT2D eigenvalue weighted by Crippen LogP contribution is 2.41. The third-order valence-corrected chi connectivity index (χ3v) is 5.93. The van der Waals surface area contributed by atoms with Crippen LogP contribution in [0.2, 0.25) is 0 Å². The Labute approximate surface area is 217 Å². The van der Waals surface area contributed by atoms with Crippen molar-refractivity contribution in [2.45, 2.75) is 38.3 Å². The fourth-order valence-corrected chi connectivity index (χ4v) is 4.23. The van der Waals surface area contributed by atoms with Crippen LogP contribution in [0.15, 0.2) is 91.0 Å². The van der Waals surface area contributed by atoms with Gasteiger partial charge in [0.2, 0.25) is 6.10 Å². The molecule has 0 fully saturated rings. The van der Waals surface area contributed by atoms with Crippen LogP contribution in [-0.2, 0) is 27.9 Å². The number of carboxylic acids is 1. The SMILES string of the molecule is Cc1cc(C)nc(OC(C(=O)O)C(OCc2ccccc2)(c2ccccc2)c2ccc(C(F)(F)F)cc2)n1. The number of nitrogens with zero attached hydrogens (tertiary/aromatic N) is 2. The molecule has 0 spiro atoms. The van der Waals surface area contributed by atoms with Crippen LogP contribution in [0, 0.1) is 13.8 Å². The lowest BCUT2D eigenvalue weighted by Crippen LogP contribution is -2.51. The fraction of sp³-hybridized carbons (Fsp3) is 0.207. The Hall–Kier alpha value is -4.24. The average molecular weight is 523 g/mol. The molecule has 4 rings (SSSR count). The first-order valence-corrected chi connectivity index (χ1v) is 11.7. The second kappa shape index (κ2) is 11.0. The van der Waals surface area contributed by atoms with Crippen LogP contribution in [0.3, 0.4) is 0 Å². The second-order valence-electron chi connectivity index (χ2n) is 8.72. The van der Waals surface area contributed by atoms with Gasteiger partial charge in [-0.15, -0.1) is 0 Å². The van der Waals surface area contributed by atoms with Crippen LogP contribution in [0.4, 0.5) is 13.2 Å². The zero-order chi connectivity index (χ0) is 27.3. The maximum atomic E-state index is 13.4. The molecule has 1 heterocycles. The fourth-order valence-electron chi connectivity index (χ4n) is 4.23. The van der Waals surface area contributed by atoms with Gasteiger partial charge in [-0.25, -0.2) is 14.8 Å². The van der Waals surface area contributed by atoms with E-state index in [0.717, 1.165) is 17.7 Å². The monoisotopic (exact) mass is 522 g/mol. The van der Waals surface area contributed by atoms with Crippen LogP contribution in [0.1, 0.15) is 33.6 Å². The second-order valence-corrected chi connectivity index (χ2v) is 8.72. The van der Waals surface area contributed by atoms with E-state index in [2.05, 4.69) is 9.97 Å². The number of aryl methyl sites for hydroxylation is 2. The maximum Gasteiger partial charge on any atom is 0.416 e. The predicted molar refractivity (Wildman–Crippen MR) is 133 cm³/mol. The Balaban J connectivity index is 1.93. The van der Waals surface area contributed by atoms with Crippen molar-refractivity contribution >= 4 is 5.97 Å². The van der Waals surface area contributed by atoms with E-state index in [1.165, 1.54) is 12.1 Å². The van der Waals surface area contributed by atoms with E-state index >= 15 is 0 Å². The van der Waals surface area contributed by atoms with Crippen molar-refractivity contribution in [3.8, 4) is 6.01 Å². The molecule has 0 saturated heterocycles. The molecule has 0 aliphatic rings. The number of rotatable bonds is 9. The number of alkyl halides is 3. The summed E-state index contributed by atoms with van der Waals surface area (Å²) in [5.41, 5.74) is -0.392. The van der Waals surface area contributed by atoms with Gasteiger partial charge < -0.3 is 14.6 Å². The summed E-state index contributed by atoms with van der Waals surface area (Å²) >= 11 is 0. The minimum Gasteiger partial charge on any atom is -0.478 e. The molecule has 3 aromatic carbocycles. The Morgan fingerprint density at radius 1 is 0.816 bits per heavy atom. The van der Waals surface area contributed by atoms with Crippen molar-refractivity contribution in [3.63, 3.8) is 0 Å². The molecule has 0 radical (unpaired) electrons. The lowest BCUT2D eigenvalue weighted by atomic mass is 9.80. The molecule has 0 aliphatic heterocycles. The van der Waals surface area contributed by atoms with Gasteiger partial charge >= 0.3 is 18.2 Å². The first-order chi connectivity index (χ1) is 18.1. The normalized spacial score (nSPS) is 13.9. The first-order valence-electron chi connectivity index (χ1n) is 11.7. The van der Waals surface area contributed by atoms with Gasteiger partial charge in [-0.2, -0.15) is 13.2 Å². The number of carboxylic acid groups (broad SMARTS) is 1. The third-order valence-electron chi connectivity index (χ3n) is 5.93. The smallest absolute Gasteiger partial charge is 0.416 e. The third kappa shape index (κ3) is 5.84. The Morgan fingerprint density at radius 2 is 1.32 bits per heavy atom. The van der Waals surface area contributed by atoms with Crippen molar-refractivity contribution < 1.29 is 32.5 Å². The van der Waals surface area contributed by atoms with Crippen molar-refractivity contribution in [3.05, 3.63) is 125 Å². The highest BCUT2D eigenvalue weighted by molar-refractivity contribution is 5.76. The number of hydrogen-bond donors (Lipinski definition) is 1. The lowest BCUT2D eigenvalue weighted by molar-refractivity contribution is -0.166. The molecular weight excluding hydrogens is 497 g/mol. The molecule has 2 atom stereocenters. The molecule has 1 aromatic heterocycles. The topological polar surface area (TPSA) is 81.5 Å². The molecule has 0 bridgehead atoms. The summed E-state index contributed by atoms with van der Waals surface area (Å²) in [4.78, 5) is 21.3. The summed E-state index contributed by atoms with van der Waals surface area (Å²) in [7, 11) is 0. The maximum absolute atomic E-state index is 13.4. The molecule has 196 valence electrons. The number of ether oxygens (including phenoxy) is 2. The van der Waals surface area contributed by atoms with Gasteiger partial charge in [0.05, 0.1) is 12.2 Å². The zero-order valence-corrected chi connectivity index (χ0v) is 20.6. The van der Waals surface area contributed by atoms with E-state index in [1.54, 1.807) is 74.5 Å². The largest absolute Gasteiger partial charge is 0.478 e.